The first kappa shape index (κ1) is 26.5. The topological polar surface area (TPSA) is 88.9 Å². The van der Waals surface area contributed by atoms with E-state index in [0.717, 1.165) is 11.3 Å². The van der Waals surface area contributed by atoms with E-state index in [4.69, 9.17) is 35.6 Å². The molecular formula is C29H25ClN2O6. The average molecular weight is 533 g/mol. The van der Waals surface area contributed by atoms with Crippen molar-refractivity contribution in [2.45, 2.75) is 0 Å². The SMILES string of the molecule is COc1cc(C(=O)COC(=O)/C=C/c2cn(-c3ccccc3)nc2-c2ccc(Cl)cc2)cc(OC)c1OC. The van der Waals surface area contributed by atoms with Crippen molar-refractivity contribution >= 4 is 29.4 Å². The summed E-state index contributed by atoms with van der Waals surface area (Å²) in [5, 5.41) is 5.31. The highest BCUT2D eigenvalue weighted by Crippen LogP contribution is 2.38. The van der Waals surface area contributed by atoms with E-state index in [0.29, 0.717) is 33.5 Å². The fourth-order valence-electron chi connectivity index (χ4n) is 3.72. The van der Waals surface area contributed by atoms with Crippen molar-refractivity contribution in [1.82, 2.24) is 9.78 Å². The monoisotopic (exact) mass is 532 g/mol. The van der Waals surface area contributed by atoms with Crippen molar-refractivity contribution in [2.75, 3.05) is 27.9 Å². The lowest BCUT2D eigenvalue weighted by molar-refractivity contribution is -0.136. The molecule has 9 heteroatoms. The fourth-order valence-corrected chi connectivity index (χ4v) is 3.85. The van der Waals surface area contributed by atoms with E-state index < -0.39 is 18.4 Å². The van der Waals surface area contributed by atoms with Gasteiger partial charge in [0.25, 0.3) is 0 Å². The highest BCUT2D eigenvalue weighted by molar-refractivity contribution is 6.30. The van der Waals surface area contributed by atoms with Gasteiger partial charge in [-0.15, -0.1) is 0 Å². The Bertz CT molecular complexity index is 1440. The van der Waals surface area contributed by atoms with E-state index in [1.165, 1.54) is 39.5 Å². The van der Waals surface area contributed by atoms with E-state index in [9.17, 15) is 9.59 Å². The second kappa shape index (κ2) is 12.1. The Balaban J connectivity index is 1.52. The van der Waals surface area contributed by atoms with Gasteiger partial charge in [-0.1, -0.05) is 41.9 Å². The molecule has 0 saturated heterocycles. The molecule has 0 bridgehead atoms. The van der Waals surface area contributed by atoms with Crippen LogP contribution in [0.15, 0.2) is 79.0 Å². The molecule has 3 aromatic carbocycles. The molecule has 0 atom stereocenters. The Hall–Kier alpha value is -4.56. The molecule has 0 fully saturated rings. The van der Waals surface area contributed by atoms with Gasteiger partial charge in [0.2, 0.25) is 11.5 Å². The van der Waals surface area contributed by atoms with Gasteiger partial charge in [0.1, 0.15) is 0 Å². The smallest absolute Gasteiger partial charge is 0.331 e. The van der Waals surface area contributed by atoms with Crippen molar-refractivity contribution in [3.8, 4) is 34.2 Å². The number of methoxy groups -OCH3 is 3. The average Bonchev–Trinajstić information content (AvgIpc) is 3.39. The number of esters is 1. The van der Waals surface area contributed by atoms with E-state index in [1.54, 1.807) is 22.9 Å². The minimum Gasteiger partial charge on any atom is -0.493 e. The highest BCUT2D eigenvalue weighted by Gasteiger charge is 2.18. The zero-order chi connectivity index (χ0) is 27.1. The number of aromatic nitrogens is 2. The van der Waals surface area contributed by atoms with Crippen molar-refractivity contribution in [2.24, 2.45) is 0 Å². The van der Waals surface area contributed by atoms with Crippen molar-refractivity contribution in [3.63, 3.8) is 0 Å². The van der Waals surface area contributed by atoms with E-state index in [1.807, 2.05) is 48.7 Å². The van der Waals surface area contributed by atoms with Crippen molar-refractivity contribution in [3.05, 3.63) is 95.2 Å². The van der Waals surface area contributed by atoms with Crippen LogP contribution in [0.4, 0.5) is 0 Å². The number of nitrogens with zero attached hydrogens (tertiary/aromatic N) is 2. The Kier molecular flexibility index (Phi) is 8.45. The first-order valence-corrected chi connectivity index (χ1v) is 11.9. The lowest BCUT2D eigenvalue weighted by Crippen LogP contribution is -2.13. The first-order valence-electron chi connectivity index (χ1n) is 11.5. The Morgan fingerprint density at radius 2 is 1.58 bits per heavy atom. The quantitative estimate of drug-likeness (QED) is 0.148. The largest absolute Gasteiger partial charge is 0.493 e. The lowest BCUT2D eigenvalue weighted by Gasteiger charge is -2.13. The van der Waals surface area contributed by atoms with Crippen LogP contribution in [0.2, 0.25) is 5.02 Å². The molecule has 0 aliphatic rings. The number of rotatable bonds is 10. The third kappa shape index (κ3) is 6.04. The standard InChI is InChI=1S/C29H25ClN2O6/c1-35-25-15-21(16-26(36-2)29(25)37-3)24(33)18-38-27(34)14-11-20-17-32(23-7-5-4-6-8-23)31-28(20)19-9-12-22(30)13-10-19/h4-17H,18H2,1-3H3/b14-11+. The van der Waals surface area contributed by atoms with Crippen LogP contribution in [0.5, 0.6) is 17.2 Å². The summed E-state index contributed by atoms with van der Waals surface area (Å²) in [5.74, 6) is -0.0951. The number of ether oxygens (including phenoxy) is 4. The minimum atomic E-state index is -0.680. The maximum atomic E-state index is 12.7. The molecule has 0 aliphatic heterocycles. The van der Waals surface area contributed by atoms with Crippen molar-refractivity contribution in [1.29, 1.82) is 0 Å². The number of hydrogen-bond acceptors (Lipinski definition) is 7. The van der Waals surface area contributed by atoms with Gasteiger partial charge < -0.3 is 18.9 Å². The van der Waals surface area contributed by atoms with Gasteiger partial charge in [-0.3, -0.25) is 4.79 Å². The minimum absolute atomic E-state index is 0.255. The van der Waals surface area contributed by atoms with Crippen LogP contribution in [-0.2, 0) is 9.53 Å². The van der Waals surface area contributed by atoms with Crippen molar-refractivity contribution < 1.29 is 28.5 Å². The summed E-state index contributed by atoms with van der Waals surface area (Å²) >= 11 is 6.05. The molecule has 8 nitrogen and oxygen atoms in total. The molecule has 1 aromatic heterocycles. The summed E-state index contributed by atoms with van der Waals surface area (Å²) in [7, 11) is 4.38. The van der Waals surface area contributed by atoms with Crippen LogP contribution >= 0.6 is 11.6 Å². The van der Waals surface area contributed by atoms with Crippen LogP contribution in [0.1, 0.15) is 15.9 Å². The number of carbonyl (C=O) groups excluding carboxylic acids is 2. The predicted molar refractivity (Wildman–Crippen MR) is 144 cm³/mol. The molecule has 0 spiro atoms. The summed E-state index contributed by atoms with van der Waals surface area (Å²) in [6, 6.07) is 19.9. The van der Waals surface area contributed by atoms with Gasteiger partial charge >= 0.3 is 5.97 Å². The lowest BCUT2D eigenvalue weighted by atomic mass is 10.1. The van der Waals surface area contributed by atoms with Crippen LogP contribution < -0.4 is 14.2 Å². The normalized spacial score (nSPS) is 10.8. The van der Waals surface area contributed by atoms with E-state index in [-0.39, 0.29) is 5.56 Å². The number of carbonyl (C=O) groups is 2. The summed E-state index contributed by atoms with van der Waals surface area (Å²) in [4.78, 5) is 25.2. The summed E-state index contributed by atoms with van der Waals surface area (Å²) < 4.78 is 22.8. The van der Waals surface area contributed by atoms with Gasteiger partial charge in [-0.25, -0.2) is 9.48 Å². The molecule has 4 aromatic rings. The zero-order valence-corrected chi connectivity index (χ0v) is 21.8. The highest BCUT2D eigenvalue weighted by atomic mass is 35.5. The molecule has 38 heavy (non-hydrogen) atoms. The van der Waals surface area contributed by atoms with Crippen LogP contribution in [0.25, 0.3) is 23.0 Å². The number of para-hydroxylation sites is 1. The maximum Gasteiger partial charge on any atom is 0.331 e. The molecule has 4 rings (SSSR count). The molecule has 1 heterocycles. The second-order valence-electron chi connectivity index (χ2n) is 8.00. The van der Waals surface area contributed by atoms with Gasteiger partial charge in [-0.2, -0.15) is 5.10 Å². The molecule has 194 valence electrons. The third-order valence-electron chi connectivity index (χ3n) is 5.61. The maximum absolute atomic E-state index is 12.7. The van der Waals surface area contributed by atoms with E-state index in [2.05, 4.69) is 0 Å². The molecule has 0 unspecified atom stereocenters. The van der Waals surface area contributed by atoms with Gasteiger partial charge in [0.05, 0.1) is 32.7 Å². The van der Waals surface area contributed by atoms with Crippen LogP contribution in [-0.4, -0.2) is 49.5 Å². The number of hydrogen-bond donors (Lipinski definition) is 0. The van der Waals surface area contributed by atoms with Crippen LogP contribution in [0.3, 0.4) is 0 Å². The fraction of sp³-hybridized carbons (Fsp3) is 0.138. The van der Waals surface area contributed by atoms with E-state index >= 15 is 0 Å². The predicted octanol–water partition coefficient (Wildman–Crippen LogP) is 5.66. The van der Waals surface area contributed by atoms with Crippen LogP contribution in [0, 0.1) is 0 Å². The first-order chi connectivity index (χ1) is 18.4. The molecule has 0 saturated carbocycles. The zero-order valence-electron chi connectivity index (χ0n) is 21.0. The molecule has 0 radical (unpaired) electrons. The molecule has 0 amide bonds. The molecular weight excluding hydrogens is 508 g/mol. The molecule has 0 aliphatic carbocycles. The van der Waals surface area contributed by atoms with Gasteiger partial charge in [0, 0.05) is 34.0 Å². The Labute approximate surface area is 225 Å². The Morgan fingerprint density at radius 3 is 2.18 bits per heavy atom. The number of ketones is 1. The number of Topliss-reactive ketones (excluding diaryl/α,β-unsaturated/α-hetero) is 1. The third-order valence-corrected chi connectivity index (χ3v) is 5.86. The van der Waals surface area contributed by atoms with Gasteiger partial charge in [0.15, 0.2) is 18.1 Å². The summed E-state index contributed by atoms with van der Waals surface area (Å²) in [6.45, 7) is -0.463. The van der Waals surface area contributed by atoms with Gasteiger partial charge in [-0.05, 0) is 42.5 Å². The second-order valence-corrected chi connectivity index (χ2v) is 8.43. The molecule has 0 N–H and O–H groups in total. The Morgan fingerprint density at radius 1 is 0.921 bits per heavy atom. The number of benzene rings is 3. The summed E-state index contributed by atoms with van der Waals surface area (Å²) in [5.41, 5.74) is 3.29. The summed E-state index contributed by atoms with van der Waals surface area (Å²) in [6.07, 6.45) is 4.67. The number of halogens is 1.